The van der Waals surface area contributed by atoms with Crippen molar-refractivity contribution in [1.82, 2.24) is 14.3 Å². The van der Waals surface area contributed by atoms with Gasteiger partial charge in [-0.25, -0.2) is 0 Å². The fraction of sp³-hybridized carbons (Fsp3) is 0.600. The van der Waals surface area contributed by atoms with Crippen LogP contribution in [0.1, 0.15) is 18.4 Å². The Bertz CT molecular complexity index is 813. The molecule has 164 valence electrons. The van der Waals surface area contributed by atoms with E-state index in [0.29, 0.717) is 19.0 Å². The molecule has 0 amide bonds. The summed E-state index contributed by atoms with van der Waals surface area (Å²) in [4.78, 5) is 11.2. The molecule has 30 heavy (non-hydrogen) atoms. The average Bonchev–Trinajstić information content (AvgIpc) is 3.23. The van der Waals surface area contributed by atoms with Gasteiger partial charge in [-0.15, -0.1) is 0 Å². The fourth-order valence-electron chi connectivity index (χ4n) is 3.97. The van der Waals surface area contributed by atoms with Crippen LogP contribution in [0.15, 0.2) is 24.3 Å². The molecule has 0 atom stereocenters. The molecule has 4 rings (SSSR count). The zero-order valence-electron chi connectivity index (χ0n) is 16.6. The summed E-state index contributed by atoms with van der Waals surface area (Å²) in [6.07, 6.45) is -2.87. The zero-order valence-corrected chi connectivity index (χ0v) is 18.2. The molecule has 0 unspecified atom stereocenters. The van der Waals surface area contributed by atoms with Crippen LogP contribution in [0.25, 0.3) is 0 Å². The molecule has 1 aromatic heterocycles. The lowest BCUT2D eigenvalue weighted by molar-refractivity contribution is -0.179. The molecular weight excluding hydrogens is 435 g/mol. The van der Waals surface area contributed by atoms with Crippen molar-refractivity contribution in [2.45, 2.75) is 25.4 Å². The maximum atomic E-state index is 12.9. The van der Waals surface area contributed by atoms with Crippen molar-refractivity contribution in [3.05, 3.63) is 34.9 Å². The summed E-state index contributed by atoms with van der Waals surface area (Å²) in [5, 5.41) is 1.62. The van der Waals surface area contributed by atoms with Crippen LogP contribution in [0.2, 0.25) is 5.02 Å². The van der Waals surface area contributed by atoms with Gasteiger partial charge in [0.15, 0.2) is 0 Å². The summed E-state index contributed by atoms with van der Waals surface area (Å²) >= 11 is 7.28. The van der Waals surface area contributed by atoms with Crippen LogP contribution < -0.4 is 9.80 Å². The number of hydrogen-bond donors (Lipinski definition) is 0. The lowest BCUT2D eigenvalue weighted by Gasteiger charge is -2.34. The molecule has 2 aliphatic rings. The molecule has 10 heteroatoms. The van der Waals surface area contributed by atoms with E-state index in [-0.39, 0.29) is 12.8 Å². The Hall–Kier alpha value is -1.58. The monoisotopic (exact) mass is 459 g/mol. The average molecular weight is 460 g/mol. The number of piperidine rings is 1. The highest BCUT2D eigenvalue weighted by Gasteiger charge is 2.41. The minimum atomic E-state index is -4.10. The van der Waals surface area contributed by atoms with Crippen molar-refractivity contribution in [3.8, 4) is 0 Å². The molecule has 0 N–H and O–H groups in total. The summed E-state index contributed by atoms with van der Waals surface area (Å²) in [5.74, 6) is -0.631. The smallest absolute Gasteiger partial charge is 0.344 e. The van der Waals surface area contributed by atoms with Crippen LogP contribution in [0.5, 0.6) is 0 Å². The molecule has 0 radical (unpaired) electrons. The first-order valence-electron chi connectivity index (χ1n) is 10.3. The van der Waals surface area contributed by atoms with Gasteiger partial charge in [-0.2, -0.15) is 22.5 Å². The number of nitrogens with zero attached hydrogens (tertiary/aromatic N) is 5. The Morgan fingerprint density at radius 2 is 1.63 bits per heavy atom. The second kappa shape index (κ2) is 9.28. The number of halogens is 4. The molecule has 0 saturated carbocycles. The van der Waals surface area contributed by atoms with E-state index in [9.17, 15) is 13.2 Å². The van der Waals surface area contributed by atoms with Crippen molar-refractivity contribution < 1.29 is 13.2 Å². The number of hydrogen-bond acceptors (Lipinski definition) is 6. The highest BCUT2D eigenvalue weighted by atomic mass is 35.5. The Morgan fingerprint density at radius 1 is 0.967 bits per heavy atom. The third kappa shape index (κ3) is 5.36. The van der Waals surface area contributed by atoms with E-state index >= 15 is 0 Å². The van der Waals surface area contributed by atoms with E-state index in [1.165, 1.54) is 17.1 Å². The molecule has 3 heterocycles. The number of rotatable bonds is 5. The van der Waals surface area contributed by atoms with Gasteiger partial charge in [0.25, 0.3) is 0 Å². The summed E-state index contributed by atoms with van der Waals surface area (Å²) in [6.45, 7) is 5.40. The lowest BCUT2D eigenvalue weighted by atomic mass is 9.96. The SMILES string of the molecule is FC(F)(F)C1CCN(c2nsc(N3CCN(CCc4ccc(Cl)cc4)CC3)n2)CC1. The van der Waals surface area contributed by atoms with Gasteiger partial charge in [0.2, 0.25) is 11.1 Å². The fourth-order valence-corrected chi connectivity index (χ4v) is 4.84. The molecule has 2 fully saturated rings. The Labute approximate surface area is 183 Å². The van der Waals surface area contributed by atoms with E-state index < -0.39 is 12.1 Å². The minimum absolute atomic E-state index is 0.115. The van der Waals surface area contributed by atoms with Crippen LogP contribution in [0, 0.1) is 5.92 Å². The normalized spacial score (nSPS) is 19.5. The molecule has 0 aliphatic carbocycles. The molecular formula is C20H25ClF3N5S. The van der Waals surface area contributed by atoms with E-state index in [4.69, 9.17) is 11.6 Å². The van der Waals surface area contributed by atoms with E-state index in [1.807, 2.05) is 17.0 Å². The van der Waals surface area contributed by atoms with E-state index in [1.54, 1.807) is 0 Å². The van der Waals surface area contributed by atoms with Gasteiger partial charge >= 0.3 is 6.18 Å². The quantitative estimate of drug-likeness (QED) is 0.664. The number of anilines is 2. The van der Waals surface area contributed by atoms with Gasteiger partial charge < -0.3 is 9.80 Å². The first-order chi connectivity index (χ1) is 14.4. The Morgan fingerprint density at radius 3 is 2.27 bits per heavy atom. The third-order valence-electron chi connectivity index (χ3n) is 5.92. The highest BCUT2D eigenvalue weighted by Crippen LogP contribution is 2.35. The Kier molecular flexibility index (Phi) is 6.69. The molecule has 0 bridgehead atoms. The molecule has 1 aromatic carbocycles. The summed E-state index contributed by atoms with van der Waals surface area (Å²) in [5.41, 5.74) is 1.28. The number of aromatic nitrogens is 2. The van der Waals surface area contributed by atoms with Gasteiger partial charge in [0.1, 0.15) is 0 Å². The predicted molar refractivity (Wildman–Crippen MR) is 115 cm³/mol. The van der Waals surface area contributed by atoms with Crippen LogP contribution in [-0.4, -0.2) is 66.2 Å². The van der Waals surface area contributed by atoms with Gasteiger partial charge in [-0.05, 0) is 37.0 Å². The summed E-state index contributed by atoms with van der Waals surface area (Å²) in [6, 6.07) is 7.98. The minimum Gasteiger partial charge on any atom is -0.344 e. The maximum Gasteiger partial charge on any atom is 0.391 e. The maximum absolute atomic E-state index is 12.9. The van der Waals surface area contributed by atoms with Crippen LogP contribution >= 0.6 is 23.1 Å². The van der Waals surface area contributed by atoms with Gasteiger partial charge in [-0.3, -0.25) is 4.90 Å². The lowest BCUT2D eigenvalue weighted by Crippen LogP contribution is -2.47. The standard InChI is InChI=1S/C20H25ClF3N5S/c21-17-3-1-15(2-4-17)5-8-27-11-13-29(14-12-27)19-25-18(26-30-19)28-9-6-16(7-10-28)20(22,23)24/h1-4,16H,5-14H2. The molecule has 2 saturated heterocycles. The third-order valence-corrected chi connectivity index (χ3v) is 6.94. The van der Waals surface area contributed by atoms with Crippen molar-refractivity contribution in [2.75, 3.05) is 55.6 Å². The molecule has 5 nitrogen and oxygen atoms in total. The summed E-state index contributed by atoms with van der Waals surface area (Å²) < 4.78 is 43.0. The first kappa shape index (κ1) is 21.6. The first-order valence-corrected chi connectivity index (χ1v) is 11.4. The van der Waals surface area contributed by atoms with Gasteiger partial charge in [-0.1, -0.05) is 23.7 Å². The summed E-state index contributed by atoms with van der Waals surface area (Å²) in [7, 11) is 0. The van der Waals surface area contributed by atoms with Crippen molar-refractivity contribution >= 4 is 34.2 Å². The number of alkyl halides is 3. The van der Waals surface area contributed by atoms with Crippen LogP contribution in [0.4, 0.5) is 24.3 Å². The number of benzene rings is 1. The van der Waals surface area contributed by atoms with Crippen LogP contribution in [-0.2, 0) is 6.42 Å². The highest BCUT2D eigenvalue weighted by molar-refractivity contribution is 7.09. The number of piperazine rings is 1. The molecule has 2 aromatic rings. The predicted octanol–water partition coefficient (Wildman–Crippen LogP) is 4.33. The second-order valence-corrected chi connectivity index (χ2v) is 9.05. The largest absolute Gasteiger partial charge is 0.391 e. The molecule has 2 aliphatic heterocycles. The second-order valence-electron chi connectivity index (χ2n) is 7.89. The van der Waals surface area contributed by atoms with Crippen molar-refractivity contribution in [3.63, 3.8) is 0 Å². The van der Waals surface area contributed by atoms with E-state index in [2.05, 4.69) is 31.3 Å². The molecule has 0 spiro atoms. The van der Waals surface area contributed by atoms with Crippen molar-refractivity contribution in [1.29, 1.82) is 0 Å². The van der Waals surface area contributed by atoms with Gasteiger partial charge in [0, 0.05) is 62.4 Å². The van der Waals surface area contributed by atoms with Crippen molar-refractivity contribution in [2.24, 2.45) is 5.92 Å². The topological polar surface area (TPSA) is 35.5 Å². The van der Waals surface area contributed by atoms with E-state index in [0.717, 1.165) is 49.3 Å². The van der Waals surface area contributed by atoms with Gasteiger partial charge in [0.05, 0.1) is 5.92 Å². The zero-order chi connectivity index (χ0) is 21.1. The Balaban J connectivity index is 1.24. The van der Waals surface area contributed by atoms with Crippen LogP contribution in [0.3, 0.4) is 0 Å².